The Labute approximate surface area is 139 Å². The highest BCUT2D eigenvalue weighted by Gasteiger charge is 2.28. The predicted octanol–water partition coefficient (Wildman–Crippen LogP) is 4.69. The maximum atomic E-state index is 6.10. The minimum absolute atomic E-state index is 0.285. The lowest BCUT2D eigenvalue weighted by molar-refractivity contribution is 0.0632. The van der Waals surface area contributed by atoms with Crippen LogP contribution in [0.4, 0.5) is 0 Å². The molecule has 1 aliphatic rings. The quantitative estimate of drug-likeness (QED) is 0.794. The Morgan fingerprint density at radius 2 is 1.76 bits per heavy atom. The molecule has 0 spiro atoms. The van der Waals surface area contributed by atoms with Crippen molar-refractivity contribution in [1.82, 2.24) is 9.80 Å². The summed E-state index contributed by atoms with van der Waals surface area (Å²) in [5, 5.41) is 1.27. The fraction of sp³-hybridized carbons (Fsp3) is 0.647. The van der Waals surface area contributed by atoms with Gasteiger partial charge in [-0.15, -0.1) is 0 Å². The lowest BCUT2D eigenvalue weighted by Crippen LogP contribution is -2.50. The first kappa shape index (κ1) is 17.1. The number of benzene rings is 1. The van der Waals surface area contributed by atoms with Crippen LogP contribution in [0.25, 0.3) is 0 Å². The monoisotopic (exact) mass is 328 g/mol. The van der Waals surface area contributed by atoms with E-state index in [4.69, 9.17) is 23.2 Å². The minimum Gasteiger partial charge on any atom is -0.299 e. The van der Waals surface area contributed by atoms with Gasteiger partial charge in [-0.2, -0.15) is 0 Å². The van der Waals surface area contributed by atoms with Crippen LogP contribution >= 0.6 is 23.2 Å². The van der Waals surface area contributed by atoms with E-state index in [0.717, 1.165) is 6.54 Å². The van der Waals surface area contributed by atoms with Crippen molar-refractivity contribution in [1.29, 1.82) is 0 Å². The molecule has 2 nitrogen and oxygen atoms in total. The Bertz CT molecular complexity index is 474. The molecule has 1 fully saturated rings. The summed E-state index contributed by atoms with van der Waals surface area (Å²) >= 11 is 12.1. The van der Waals surface area contributed by atoms with Crippen molar-refractivity contribution in [2.75, 3.05) is 20.1 Å². The second-order valence-corrected chi connectivity index (χ2v) is 7.87. The van der Waals surface area contributed by atoms with Gasteiger partial charge in [0.25, 0.3) is 0 Å². The van der Waals surface area contributed by atoms with E-state index in [1.54, 1.807) is 0 Å². The van der Waals surface area contributed by atoms with Gasteiger partial charge in [-0.3, -0.25) is 9.80 Å². The number of nitrogens with zero attached hydrogens (tertiary/aromatic N) is 2. The minimum atomic E-state index is 0.285. The zero-order valence-electron chi connectivity index (χ0n) is 13.5. The third-order valence-electron chi connectivity index (χ3n) is 4.45. The van der Waals surface area contributed by atoms with Crippen LogP contribution in [0.15, 0.2) is 18.2 Å². The SMILES string of the molecule is CN(Cc1ccc(Cl)c(Cl)c1)C1CCN(C(C)(C)C)CC1. The number of hydrogen-bond donors (Lipinski definition) is 0. The highest BCUT2D eigenvalue weighted by atomic mass is 35.5. The first-order valence-corrected chi connectivity index (χ1v) is 8.42. The molecule has 0 aromatic heterocycles. The van der Waals surface area contributed by atoms with Crippen LogP contribution < -0.4 is 0 Å². The van der Waals surface area contributed by atoms with E-state index < -0.39 is 0 Å². The highest BCUT2D eigenvalue weighted by Crippen LogP contribution is 2.26. The smallest absolute Gasteiger partial charge is 0.0595 e. The van der Waals surface area contributed by atoms with Gasteiger partial charge in [0, 0.05) is 31.2 Å². The lowest BCUT2D eigenvalue weighted by Gasteiger charge is -2.43. The average molecular weight is 329 g/mol. The number of likely N-dealkylation sites (tertiary alicyclic amines) is 1. The van der Waals surface area contributed by atoms with Crippen molar-refractivity contribution in [2.45, 2.75) is 51.7 Å². The summed E-state index contributed by atoms with van der Waals surface area (Å²) in [7, 11) is 2.21. The molecule has 21 heavy (non-hydrogen) atoms. The molecular formula is C17H26Cl2N2. The van der Waals surface area contributed by atoms with Gasteiger partial charge >= 0.3 is 0 Å². The Morgan fingerprint density at radius 1 is 1.14 bits per heavy atom. The van der Waals surface area contributed by atoms with Gasteiger partial charge in [-0.1, -0.05) is 29.3 Å². The second kappa shape index (κ2) is 6.87. The summed E-state index contributed by atoms with van der Waals surface area (Å²) in [5.74, 6) is 0. The van der Waals surface area contributed by atoms with Crippen molar-refractivity contribution in [2.24, 2.45) is 0 Å². The van der Waals surface area contributed by atoms with Gasteiger partial charge in [-0.05, 0) is 58.4 Å². The zero-order valence-corrected chi connectivity index (χ0v) is 15.0. The normalized spacial score (nSPS) is 18.4. The van der Waals surface area contributed by atoms with Crippen LogP contribution in [0.3, 0.4) is 0 Å². The summed E-state index contributed by atoms with van der Waals surface area (Å²) in [4.78, 5) is 5.02. The van der Waals surface area contributed by atoms with Crippen LogP contribution in [0.1, 0.15) is 39.2 Å². The van der Waals surface area contributed by atoms with Gasteiger partial charge in [0.2, 0.25) is 0 Å². The predicted molar refractivity (Wildman–Crippen MR) is 92.3 cm³/mol. The number of piperidine rings is 1. The van der Waals surface area contributed by atoms with E-state index in [1.165, 1.54) is 31.5 Å². The van der Waals surface area contributed by atoms with E-state index in [-0.39, 0.29) is 5.54 Å². The number of rotatable bonds is 3. The van der Waals surface area contributed by atoms with Crippen LogP contribution in [0, 0.1) is 0 Å². The summed E-state index contributed by atoms with van der Waals surface area (Å²) < 4.78 is 0. The Kier molecular flexibility index (Phi) is 5.59. The average Bonchev–Trinajstić information content (AvgIpc) is 2.42. The molecule has 0 bridgehead atoms. The van der Waals surface area contributed by atoms with Crippen molar-refractivity contribution in [3.05, 3.63) is 33.8 Å². The fourth-order valence-electron chi connectivity index (χ4n) is 3.03. The second-order valence-electron chi connectivity index (χ2n) is 7.05. The fourth-order valence-corrected chi connectivity index (χ4v) is 3.35. The number of hydrogen-bond acceptors (Lipinski definition) is 2. The Morgan fingerprint density at radius 3 is 2.29 bits per heavy atom. The van der Waals surface area contributed by atoms with E-state index in [1.807, 2.05) is 12.1 Å². The van der Waals surface area contributed by atoms with Crippen LogP contribution in [0.5, 0.6) is 0 Å². The highest BCUT2D eigenvalue weighted by molar-refractivity contribution is 6.42. The molecule has 0 aliphatic carbocycles. The molecular weight excluding hydrogens is 303 g/mol. The van der Waals surface area contributed by atoms with Gasteiger partial charge in [0.05, 0.1) is 10.0 Å². The maximum absolute atomic E-state index is 6.10. The molecule has 0 atom stereocenters. The Hall–Kier alpha value is -0.280. The molecule has 0 saturated carbocycles. The molecule has 1 aromatic rings. The third-order valence-corrected chi connectivity index (χ3v) is 5.19. The summed E-state index contributed by atoms with van der Waals surface area (Å²) in [6, 6.07) is 6.58. The van der Waals surface area contributed by atoms with Crippen molar-refractivity contribution >= 4 is 23.2 Å². The molecule has 118 valence electrons. The van der Waals surface area contributed by atoms with Crippen LogP contribution in [0.2, 0.25) is 10.0 Å². The van der Waals surface area contributed by atoms with E-state index in [0.29, 0.717) is 16.1 Å². The van der Waals surface area contributed by atoms with E-state index in [2.05, 4.69) is 43.7 Å². The van der Waals surface area contributed by atoms with Crippen molar-refractivity contribution < 1.29 is 0 Å². The van der Waals surface area contributed by atoms with E-state index >= 15 is 0 Å². The zero-order chi connectivity index (χ0) is 15.6. The first-order valence-electron chi connectivity index (χ1n) is 7.66. The lowest BCUT2D eigenvalue weighted by atomic mass is 9.97. The molecule has 2 rings (SSSR count). The number of halogens is 2. The topological polar surface area (TPSA) is 6.48 Å². The molecule has 1 heterocycles. The van der Waals surface area contributed by atoms with Crippen molar-refractivity contribution in [3.63, 3.8) is 0 Å². The largest absolute Gasteiger partial charge is 0.299 e. The van der Waals surface area contributed by atoms with Crippen molar-refractivity contribution in [3.8, 4) is 0 Å². The van der Waals surface area contributed by atoms with Crippen LogP contribution in [-0.2, 0) is 6.54 Å². The molecule has 1 saturated heterocycles. The van der Waals surface area contributed by atoms with Gasteiger partial charge < -0.3 is 0 Å². The van der Waals surface area contributed by atoms with E-state index in [9.17, 15) is 0 Å². The summed E-state index contributed by atoms with van der Waals surface area (Å²) in [5.41, 5.74) is 1.51. The molecule has 1 aromatic carbocycles. The van der Waals surface area contributed by atoms with Gasteiger partial charge in [0.15, 0.2) is 0 Å². The van der Waals surface area contributed by atoms with Crippen LogP contribution in [-0.4, -0.2) is 41.5 Å². The Balaban J connectivity index is 1.90. The molecule has 0 radical (unpaired) electrons. The van der Waals surface area contributed by atoms with Gasteiger partial charge in [0.1, 0.15) is 0 Å². The molecule has 0 unspecified atom stereocenters. The standard InChI is InChI=1S/C17H26Cl2N2/c1-17(2,3)21-9-7-14(8-10-21)20(4)12-13-5-6-15(18)16(19)11-13/h5-6,11,14H,7-10,12H2,1-4H3. The molecule has 1 aliphatic heterocycles. The summed E-state index contributed by atoms with van der Waals surface area (Å²) in [6.07, 6.45) is 2.46. The summed E-state index contributed by atoms with van der Waals surface area (Å²) in [6.45, 7) is 10.2. The molecule has 4 heteroatoms. The molecule has 0 N–H and O–H groups in total. The molecule has 0 amide bonds. The first-order chi connectivity index (χ1) is 9.77. The third kappa shape index (κ3) is 4.59. The maximum Gasteiger partial charge on any atom is 0.0595 e. The van der Waals surface area contributed by atoms with Gasteiger partial charge in [-0.25, -0.2) is 0 Å².